The molecule has 2 aromatic rings. The lowest BCUT2D eigenvalue weighted by molar-refractivity contribution is -0.117. The lowest BCUT2D eigenvalue weighted by Gasteiger charge is -2.27. The first kappa shape index (κ1) is 19.5. The summed E-state index contributed by atoms with van der Waals surface area (Å²) in [6.45, 7) is 1.18. The summed E-state index contributed by atoms with van der Waals surface area (Å²) < 4.78 is 28.8. The number of hydrogen-bond donors (Lipinski definition) is 1. The maximum atomic E-state index is 13.0. The van der Waals surface area contributed by atoms with Gasteiger partial charge in [-0.1, -0.05) is 0 Å². The van der Waals surface area contributed by atoms with E-state index in [-0.39, 0.29) is 24.1 Å². The topological polar surface area (TPSA) is 85.0 Å². The third kappa shape index (κ3) is 4.15. The van der Waals surface area contributed by atoms with Gasteiger partial charge in [-0.05, 0) is 38.2 Å². The van der Waals surface area contributed by atoms with Gasteiger partial charge in [0.1, 0.15) is 17.9 Å². The van der Waals surface area contributed by atoms with Crippen LogP contribution >= 0.6 is 0 Å². The van der Waals surface area contributed by atoms with Gasteiger partial charge in [-0.25, -0.2) is 8.78 Å². The molecule has 1 aliphatic heterocycles. The Morgan fingerprint density at radius 1 is 1.24 bits per heavy atom. The molecule has 10 heteroatoms. The number of nitrogens with one attached hydrogen (secondary N) is 1. The van der Waals surface area contributed by atoms with E-state index < -0.39 is 12.3 Å². The van der Waals surface area contributed by atoms with Crippen LogP contribution < -0.4 is 5.32 Å². The van der Waals surface area contributed by atoms with E-state index in [0.29, 0.717) is 30.2 Å². The fourth-order valence-electron chi connectivity index (χ4n) is 3.75. The largest absolute Gasteiger partial charge is 0.337 e. The minimum atomic E-state index is -2.68. The lowest BCUT2D eigenvalue weighted by Crippen LogP contribution is -2.37. The van der Waals surface area contributed by atoms with Crippen LogP contribution in [0.1, 0.15) is 66.3 Å². The Kier molecular flexibility index (Phi) is 5.33. The predicted octanol–water partition coefficient (Wildman–Crippen LogP) is 2.70. The zero-order chi connectivity index (χ0) is 20.5. The Morgan fingerprint density at radius 3 is 2.62 bits per heavy atom. The second kappa shape index (κ2) is 7.92. The second-order valence-electron chi connectivity index (χ2n) is 7.66. The molecule has 4 rings (SSSR count). The van der Waals surface area contributed by atoms with Crippen molar-refractivity contribution in [2.24, 2.45) is 7.05 Å². The normalized spacial score (nSPS) is 17.0. The van der Waals surface area contributed by atoms with Gasteiger partial charge >= 0.3 is 0 Å². The highest BCUT2D eigenvalue weighted by molar-refractivity contribution is 6.02. The summed E-state index contributed by atoms with van der Waals surface area (Å²) in [5.41, 5.74) is 0.979. The molecule has 0 radical (unpaired) electrons. The molecule has 1 saturated heterocycles. The van der Waals surface area contributed by atoms with Crippen molar-refractivity contribution in [1.82, 2.24) is 24.5 Å². The van der Waals surface area contributed by atoms with Crippen molar-refractivity contribution in [3.63, 3.8) is 0 Å². The molecule has 3 heterocycles. The maximum Gasteiger partial charge on any atom is 0.282 e. The number of aromatic nitrogens is 4. The standard InChI is InChI=1S/C19H24F2N6O2/c1-25-17(19(29)26-7-3-2-4-8-26)14(10-22-25)23-16(28)11-27-15(12-5-6-12)9-13(24-27)18(20)21/h9-10,12,18H,2-8,11H2,1H3,(H,23,28). The Balaban J connectivity index is 1.49. The zero-order valence-electron chi connectivity index (χ0n) is 16.3. The number of rotatable bonds is 6. The fraction of sp³-hybridized carbons (Fsp3) is 0.579. The molecule has 2 aromatic heterocycles. The SMILES string of the molecule is Cn1ncc(NC(=O)Cn2nc(C(F)F)cc2C2CC2)c1C(=O)N1CCCCC1. The Bertz CT molecular complexity index is 912. The number of likely N-dealkylation sites (tertiary alicyclic amines) is 1. The Labute approximate surface area is 166 Å². The molecule has 1 aliphatic carbocycles. The van der Waals surface area contributed by atoms with Crippen molar-refractivity contribution < 1.29 is 18.4 Å². The van der Waals surface area contributed by atoms with Crippen molar-refractivity contribution >= 4 is 17.5 Å². The highest BCUT2D eigenvalue weighted by Gasteiger charge is 2.30. The number of piperidine rings is 1. The average Bonchev–Trinajstić information content (AvgIpc) is 3.36. The number of nitrogens with zero attached hydrogens (tertiary/aromatic N) is 5. The van der Waals surface area contributed by atoms with Gasteiger partial charge in [0.2, 0.25) is 5.91 Å². The summed E-state index contributed by atoms with van der Waals surface area (Å²) in [6.07, 6.45) is 3.60. The molecule has 2 amide bonds. The highest BCUT2D eigenvalue weighted by Crippen LogP contribution is 2.41. The number of aryl methyl sites for hydroxylation is 1. The molecule has 2 aliphatic rings. The molecule has 8 nitrogen and oxygen atoms in total. The molecule has 0 spiro atoms. The first-order chi connectivity index (χ1) is 13.9. The number of carbonyl (C=O) groups excluding carboxylic acids is 2. The van der Waals surface area contributed by atoms with Crippen molar-refractivity contribution in [3.8, 4) is 0 Å². The average molecular weight is 406 g/mol. The number of anilines is 1. The fourth-order valence-corrected chi connectivity index (χ4v) is 3.75. The molecule has 0 atom stereocenters. The minimum Gasteiger partial charge on any atom is -0.337 e. The molecule has 0 bridgehead atoms. The van der Waals surface area contributed by atoms with E-state index in [0.717, 1.165) is 32.1 Å². The number of alkyl halides is 2. The van der Waals surface area contributed by atoms with Crippen molar-refractivity contribution in [2.75, 3.05) is 18.4 Å². The number of amides is 2. The van der Waals surface area contributed by atoms with Crippen molar-refractivity contribution in [3.05, 3.63) is 29.3 Å². The van der Waals surface area contributed by atoms with Gasteiger partial charge in [0.15, 0.2) is 0 Å². The summed E-state index contributed by atoms with van der Waals surface area (Å²) in [5.74, 6) is -0.424. The smallest absolute Gasteiger partial charge is 0.282 e. The van der Waals surface area contributed by atoms with Crippen LogP contribution in [0.5, 0.6) is 0 Å². The van der Waals surface area contributed by atoms with E-state index in [1.54, 1.807) is 11.9 Å². The minimum absolute atomic E-state index is 0.169. The first-order valence-electron chi connectivity index (χ1n) is 9.91. The van der Waals surface area contributed by atoms with Crippen molar-refractivity contribution in [1.29, 1.82) is 0 Å². The monoisotopic (exact) mass is 406 g/mol. The summed E-state index contributed by atoms with van der Waals surface area (Å²) in [4.78, 5) is 27.2. The van der Waals surface area contributed by atoms with Gasteiger partial charge in [0.25, 0.3) is 12.3 Å². The molecule has 0 aromatic carbocycles. The summed E-state index contributed by atoms with van der Waals surface area (Å²) in [7, 11) is 1.65. The third-order valence-corrected chi connectivity index (χ3v) is 5.40. The van der Waals surface area contributed by atoms with E-state index in [2.05, 4.69) is 15.5 Å². The summed E-state index contributed by atoms with van der Waals surface area (Å²) >= 11 is 0. The van der Waals surface area contributed by atoms with Crippen LogP contribution in [-0.4, -0.2) is 49.4 Å². The quantitative estimate of drug-likeness (QED) is 0.799. The molecule has 0 unspecified atom stereocenters. The van der Waals surface area contributed by atoms with Gasteiger partial charge in [-0.3, -0.25) is 19.0 Å². The Morgan fingerprint density at radius 2 is 1.97 bits per heavy atom. The summed E-state index contributed by atoms with van der Waals surface area (Å²) in [6, 6.07) is 1.38. The molecular formula is C19H24F2N6O2. The molecule has 1 N–H and O–H groups in total. The van der Waals surface area contributed by atoms with E-state index in [9.17, 15) is 18.4 Å². The van der Waals surface area contributed by atoms with E-state index in [1.807, 2.05) is 0 Å². The van der Waals surface area contributed by atoms with E-state index in [1.165, 1.54) is 21.6 Å². The van der Waals surface area contributed by atoms with Gasteiger partial charge in [0, 0.05) is 31.7 Å². The Hall–Kier alpha value is -2.78. The molecule has 1 saturated carbocycles. The highest BCUT2D eigenvalue weighted by atomic mass is 19.3. The van der Waals surface area contributed by atoms with Gasteiger partial charge in [-0.15, -0.1) is 0 Å². The second-order valence-corrected chi connectivity index (χ2v) is 7.66. The van der Waals surface area contributed by atoms with Crippen LogP contribution in [0.2, 0.25) is 0 Å². The van der Waals surface area contributed by atoms with Gasteiger partial charge in [0.05, 0.1) is 11.9 Å². The van der Waals surface area contributed by atoms with Crippen molar-refractivity contribution in [2.45, 2.75) is 51.0 Å². The molecular weight excluding hydrogens is 382 g/mol. The van der Waals surface area contributed by atoms with Crippen LogP contribution in [0.3, 0.4) is 0 Å². The van der Waals surface area contributed by atoms with Crippen LogP contribution in [0.25, 0.3) is 0 Å². The van der Waals surface area contributed by atoms with Crippen LogP contribution in [-0.2, 0) is 18.4 Å². The van der Waals surface area contributed by atoms with Gasteiger partial charge < -0.3 is 10.2 Å². The molecule has 2 fully saturated rings. The van der Waals surface area contributed by atoms with E-state index >= 15 is 0 Å². The lowest BCUT2D eigenvalue weighted by atomic mass is 10.1. The predicted molar refractivity (Wildman–Crippen MR) is 101 cm³/mol. The first-order valence-corrected chi connectivity index (χ1v) is 9.91. The number of halogens is 2. The van der Waals surface area contributed by atoms with Crippen LogP contribution in [0, 0.1) is 0 Å². The van der Waals surface area contributed by atoms with E-state index in [4.69, 9.17) is 0 Å². The number of hydrogen-bond acceptors (Lipinski definition) is 4. The van der Waals surface area contributed by atoms with Crippen LogP contribution in [0.15, 0.2) is 12.3 Å². The maximum absolute atomic E-state index is 13.0. The zero-order valence-corrected chi connectivity index (χ0v) is 16.3. The van der Waals surface area contributed by atoms with Crippen LogP contribution in [0.4, 0.5) is 14.5 Å². The summed E-state index contributed by atoms with van der Waals surface area (Å²) in [5, 5.41) is 10.7. The molecule has 29 heavy (non-hydrogen) atoms. The van der Waals surface area contributed by atoms with Gasteiger partial charge in [-0.2, -0.15) is 10.2 Å². The molecule has 156 valence electrons. The number of carbonyl (C=O) groups is 2. The third-order valence-electron chi connectivity index (χ3n) is 5.40.